The van der Waals surface area contributed by atoms with Crippen molar-refractivity contribution in [3.05, 3.63) is 12.4 Å². The highest BCUT2D eigenvalue weighted by molar-refractivity contribution is 4.65. The molecule has 0 amide bonds. The maximum absolute atomic E-state index is 3.92. The summed E-state index contributed by atoms with van der Waals surface area (Å²) in [6.45, 7) is 8.79. The number of hydrogen-bond acceptors (Lipinski definition) is 3. The van der Waals surface area contributed by atoms with Gasteiger partial charge in [0.15, 0.2) is 0 Å². The maximum Gasteiger partial charge on any atom is 0.0692 e. The van der Waals surface area contributed by atoms with E-state index in [-0.39, 0.29) is 0 Å². The minimum atomic E-state index is 0.608. The predicted octanol–water partition coefficient (Wildman–Crippen LogP) is 1.69. The monoisotopic (exact) mass is 210 g/mol. The highest BCUT2D eigenvalue weighted by Crippen LogP contribution is 2.00. The first-order valence-electron chi connectivity index (χ1n) is 5.77. The van der Waals surface area contributed by atoms with Crippen molar-refractivity contribution in [2.75, 3.05) is 6.54 Å². The van der Waals surface area contributed by atoms with Gasteiger partial charge in [-0.15, -0.1) is 5.10 Å². The molecule has 0 aliphatic heterocycles. The SMILES string of the molecule is CC(C)C(C)NCCCCn1ccnn1. The van der Waals surface area contributed by atoms with Crippen molar-refractivity contribution in [3.8, 4) is 0 Å². The van der Waals surface area contributed by atoms with Gasteiger partial charge >= 0.3 is 0 Å². The second kappa shape index (κ2) is 6.56. The van der Waals surface area contributed by atoms with Gasteiger partial charge in [0.25, 0.3) is 0 Å². The van der Waals surface area contributed by atoms with Crippen LogP contribution in [0.3, 0.4) is 0 Å². The summed E-state index contributed by atoms with van der Waals surface area (Å²) in [5.41, 5.74) is 0. The van der Waals surface area contributed by atoms with E-state index in [1.165, 1.54) is 6.42 Å². The van der Waals surface area contributed by atoms with Crippen LogP contribution >= 0.6 is 0 Å². The van der Waals surface area contributed by atoms with E-state index < -0.39 is 0 Å². The highest BCUT2D eigenvalue weighted by atomic mass is 15.4. The molecule has 1 rings (SSSR count). The van der Waals surface area contributed by atoms with E-state index in [4.69, 9.17) is 0 Å². The number of aryl methyl sites for hydroxylation is 1. The Bertz CT molecular complexity index is 243. The first-order valence-corrected chi connectivity index (χ1v) is 5.77. The van der Waals surface area contributed by atoms with Crippen molar-refractivity contribution in [1.29, 1.82) is 0 Å². The maximum atomic E-state index is 3.92. The van der Waals surface area contributed by atoms with E-state index >= 15 is 0 Å². The first-order chi connectivity index (χ1) is 7.20. The smallest absolute Gasteiger partial charge is 0.0692 e. The van der Waals surface area contributed by atoms with E-state index in [0.717, 1.165) is 19.5 Å². The Balaban J connectivity index is 1.98. The molecule has 0 aliphatic rings. The topological polar surface area (TPSA) is 42.7 Å². The molecule has 0 saturated heterocycles. The largest absolute Gasteiger partial charge is 0.314 e. The first kappa shape index (κ1) is 12.2. The molecule has 0 spiro atoms. The van der Waals surface area contributed by atoms with Gasteiger partial charge in [-0.2, -0.15) is 0 Å². The minimum absolute atomic E-state index is 0.608. The molecule has 4 nitrogen and oxygen atoms in total. The summed E-state index contributed by atoms with van der Waals surface area (Å²) in [4.78, 5) is 0. The van der Waals surface area contributed by atoms with Gasteiger partial charge in [-0.3, -0.25) is 4.68 Å². The number of hydrogen-bond donors (Lipinski definition) is 1. The highest BCUT2D eigenvalue weighted by Gasteiger charge is 2.04. The van der Waals surface area contributed by atoms with Gasteiger partial charge in [-0.25, -0.2) is 0 Å². The van der Waals surface area contributed by atoms with Crippen LogP contribution in [0.25, 0.3) is 0 Å². The van der Waals surface area contributed by atoms with E-state index in [2.05, 4.69) is 36.4 Å². The molecule has 86 valence electrons. The van der Waals surface area contributed by atoms with Gasteiger partial charge in [0.05, 0.1) is 6.20 Å². The fourth-order valence-electron chi connectivity index (χ4n) is 1.32. The second-order valence-electron chi connectivity index (χ2n) is 4.36. The Morgan fingerprint density at radius 3 is 2.67 bits per heavy atom. The summed E-state index contributed by atoms with van der Waals surface area (Å²) in [7, 11) is 0. The summed E-state index contributed by atoms with van der Waals surface area (Å²) >= 11 is 0. The van der Waals surface area contributed by atoms with Crippen molar-refractivity contribution in [1.82, 2.24) is 20.3 Å². The molecule has 1 atom stereocenters. The van der Waals surface area contributed by atoms with Crippen molar-refractivity contribution >= 4 is 0 Å². The molecule has 0 aliphatic carbocycles. The zero-order chi connectivity index (χ0) is 11.1. The molecule has 1 aromatic rings. The zero-order valence-corrected chi connectivity index (χ0v) is 9.98. The van der Waals surface area contributed by atoms with Gasteiger partial charge in [-0.1, -0.05) is 19.1 Å². The molecule has 15 heavy (non-hydrogen) atoms. The Morgan fingerprint density at radius 1 is 1.27 bits per heavy atom. The molecule has 1 aromatic heterocycles. The van der Waals surface area contributed by atoms with E-state index in [1.807, 2.05) is 10.9 Å². The third-order valence-corrected chi connectivity index (χ3v) is 2.75. The third-order valence-electron chi connectivity index (χ3n) is 2.75. The average molecular weight is 210 g/mol. The lowest BCUT2D eigenvalue weighted by Crippen LogP contribution is -2.31. The van der Waals surface area contributed by atoms with Crippen LogP contribution in [-0.2, 0) is 6.54 Å². The number of unbranched alkanes of at least 4 members (excludes halogenated alkanes) is 1. The van der Waals surface area contributed by atoms with Gasteiger partial charge < -0.3 is 5.32 Å². The van der Waals surface area contributed by atoms with Crippen LogP contribution in [0.5, 0.6) is 0 Å². The van der Waals surface area contributed by atoms with E-state index in [1.54, 1.807) is 6.20 Å². The third kappa shape index (κ3) is 4.93. The summed E-state index contributed by atoms with van der Waals surface area (Å²) < 4.78 is 1.88. The summed E-state index contributed by atoms with van der Waals surface area (Å²) in [6.07, 6.45) is 5.97. The lowest BCUT2D eigenvalue weighted by Gasteiger charge is -2.17. The second-order valence-corrected chi connectivity index (χ2v) is 4.36. The van der Waals surface area contributed by atoms with Crippen LogP contribution in [0, 0.1) is 5.92 Å². The molecule has 0 saturated carbocycles. The van der Waals surface area contributed by atoms with Gasteiger partial charge in [-0.05, 0) is 32.2 Å². The minimum Gasteiger partial charge on any atom is -0.314 e. The quantitative estimate of drug-likeness (QED) is 0.696. The fraction of sp³-hybridized carbons (Fsp3) is 0.818. The van der Waals surface area contributed by atoms with Gasteiger partial charge in [0, 0.05) is 18.8 Å². The summed E-state index contributed by atoms with van der Waals surface area (Å²) in [5, 5.41) is 11.2. The van der Waals surface area contributed by atoms with E-state index in [0.29, 0.717) is 12.0 Å². The molecular weight excluding hydrogens is 188 g/mol. The molecule has 0 fully saturated rings. The zero-order valence-electron chi connectivity index (χ0n) is 9.98. The van der Waals surface area contributed by atoms with Crippen LogP contribution < -0.4 is 5.32 Å². The molecule has 0 radical (unpaired) electrons. The molecule has 4 heteroatoms. The van der Waals surface area contributed by atoms with Crippen molar-refractivity contribution in [3.63, 3.8) is 0 Å². The van der Waals surface area contributed by atoms with Crippen LogP contribution in [0.2, 0.25) is 0 Å². The predicted molar refractivity (Wildman–Crippen MR) is 61.6 cm³/mol. The van der Waals surface area contributed by atoms with Crippen LogP contribution in [0.15, 0.2) is 12.4 Å². The number of aromatic nitrogens is 3. The Morgan fingerprint density at radius 2 is 2.07 bits per heavy atom. The Kier molecular flexibility index (Phi) is 5.32. The molecule has 1 heterocycles. The van der Waals surface area contributed by atoms with Crippen molar-refractivity contribution < 1.29 is 0 Å². The molecular formula is C11H22N4. The summed E-state index contributed by atoms with van der Waals surface area (Å²) in [5.74, 6) is 0.709. The number of nitrogens with zero attached hydrogens (tertiary/aromatic N) is 3. The lowest BCUT2D eigenvalue weighted by atomic mass is 10.1. The number of rotatable bonds is 7. The molecule has 0 bridgehead atoms. The van der Waals surface area contributed by atoms with Crippen LogP contribution in [0.4, 0.5) is 0 Å². The average Bonchev–Trinajstić information content (AvgIpc) is 2.69. The normalized spacial score (nSPS) is 13.3. The lowest BCUT2D eigenvalue weighted by molar-refractivity contribution is 0.415. The standard InChI is InChI=1S/C11H22N4/c1-10(2)11(3)12-6-4-5-8-15-9-7-13-14-15/h7,9-12H,4-6,8H2,1-3H3. The fourth-order valence-corrected chi connectivity index (χ4v) is 1.32. The van der Waals surface area contributed by atoms with Crippen molar-refractivity contribution in [2.24, 2.45) is 5.92 Å². The molecule has 1 N–H and O–H groups in total. The van der Waals surface area contributed by atoms with Crippen molar-refractivity contribution in [2.45, 2.75) is 46.2 Å². The number of nitrogens with one attached hydrogen (secondary N) is 1. The van der Waals surface area contributed by atoms with Crippen LogP contribution in [0.1, 0.15) is 33.6 Å². The molecule has 1 unspecified atom stereocenters. The summed E-state index contributed by atoms with van der Waals surface area (Å²) in [6, 6.07) is 0.608. The Labute approximate surface area is 92.1 Å². The van der Waals surface area contributed by atoms with Gasteiger partial charge in [0.1, 0.15) is 0 Å². The van der Waals surface area contributed by atoms with Gasteiger partial charge in [0.2, 0.25) is 0 Å². The Hall–Kier alpha value is -0.900. The van der Waals surface area contributed by atoms with Crippen LogP contribution in [-0.4, -0.2) is 27.6 Å². The molecule has 0 aromatic carbocycles. The van der Waals surface area contributed by atoms with E-state index in [9.17, 15) is 0 Å².